The third kappa shape index (κ3) is 2.70. The zero-order chi connectivity index (χ0) is 21.4. The molecule has 0 aliphatic heterocycles. The summed E-state index contributed by atoms with van der Waals surface area (Å²) in [7, 11) is 0. The number of fused-ring (bicyclic) bond motifs is 5. The average molecular weight is 411 g/mol. The first-order chi connectivity index (χ1) is 13.5. The van der Waals surface area contributed by atoms with Crippen LogP contribution in [0.2, 0.25) is 0 Å². The van der Waals surface area contributed by atoms with Crippen LogP contribution in [0, 0.1) is 28.6 Å². The molecular weight excluding hydrogens is 378 g/mol. The lowest BCUT2D eigenvalue weighted by molar-refractivity contribution is -0.196. The normalized spacial score (nSPS) is 49.3. The molecule has 4 rings (SSSR count). The lowest BCUT2D eigenvalue weighted by atomic mass is 9.45. The van der Waals surface area contributed by atoms with Crippen molar-refractivity contribution in [3.63, 3.8) is 0 Å². The van der Waals surface area contributed by atoms with Gasteiger partial charge < -0.3 is 9.84 Å². The molecule has 0 saturated heterocycles. The molecule has 0 aromatic heterocycles. The van der Waals surface area contributed by atoms with Crippen LogP contribution in [-0.4, -0.2) is 34.7 Å². The number of hydrogen-bond donors (Lipinski definition) is 1. The van der Waals surface area contributed by atoms with E-state index in [0.717, 1.165) is 6.42 Å². The van der Waals surface area contributed by atoms with Crippen molar-refractivity contribution < 1.29 is 28.2 Å². The number of Topliss-reactive ketones (excluding diaryl/α,β-unsaturated/α-hetero) is 1. The predicted molar refractivity (Wildman–Crippen MR) is 103 cm³/mol. The largest absolute Gasteiger partial charge is 0.459 e. The molecule has 0 aromatic carbocycles. The average Bonchev–Trinajstić information content (AvgIpc) is 2.88. The Morgan fingerprint density at radius 3 is 2.62 bits per heavy atom. The molecule has 3 fully saturated rings. The van der Waals surface area contributed by atoms with E-state index in [1.807, 2.05) is 13.8 Å². The van der Waals surface area contributed by atoms with Gasteiger partial charge in [-0.05, 0) is 56.8 Å². The first-order valence-electron chi connectivity index (χ1n) is 11.0. The van der Waals surface area contributed by atoms with Crippen LogP contribution in [0.3, 0.4) is 0 Å². The van der Waals surface area contributed by atoms with Crippen molar-refractivity contribution in [3.8, 4) is 0 Å². The third-order valence-electron chi connectivity index (χ3n) is 9.11. The fraction of sp³-hybridized carbons (Fsp3) is 0.826. The zero-order valence-electron chi connectivity index (χ0n) is 17.8. The van der Waals surface area contributed by atoms with E-state index in [1.54, 1.807) is 6.92 Å². The molecule has 0 radical (unpaired) electrons. The number of alkyl halides is 1. The van der Waals surface area contributed by atoms with Crippen molar-refractivity contribution in [1.82, 2.24) is 0 Å². The highest BCUT2D eigenvalue weighted by Crippen LogP contribution is 2.68. The molecule has 29 heavy (non-hydrogen) atoms. The quantitative estimate of drug-likeness (QED) is 0.684. The molecule has 3 unspecified atom stereocenters. The Morgan fingerprint density at radius 2 is 1.97 bits per heavy atom. The monoisotopic (exact) mass is 410 g/mol. The summed E-state index contributed by atoms with van der Waals surface area (Å²) in [6.07, 6.45) is 0.475. The maximum absolute atomic E-state index is 15.3. The van der Waals surface area contributed by atoms with Gasteiger partial charge in [0.25, 0.3) is 0 Å². The van der Waals surface area contributed by atoms with Gasteiger partial charge in [0.1, 0.15) is 11.8 Å². The van der Waals surface area contributed by atoms with Crippen LogP contribution in [0.5, 0.6) is 0 Å². The van der Waals surface area contributed by atoms with Gasteiger partial charge >= 0.3 is 5.97 Å². The van der Waals surface area contributed by atoms with E-state index in [0.29, 0.717) is 19.3 Å². The number of aliphatic hydroxyl groups excluding tert-OH is 1. The fourth-order valence-corrected chi connectivity index (χ4v) is 7.49. The van der Waals surface area contributed by atoms with Gasteiger partial charge in [-0.2, -0.15) is 0 Å². The van der Waals surface area contributed by atoms with Crippen molar-refractivity contribution in [2.45, 2.75) is 90.5 Å². The summed E-state index contributed by atoms with van der Waals surface area (Å²) in [6, 6.07) is 0. The van der Waals surface area contributed by atoms with E-state index in [-0.39, 0.29) is 48.6 Å². The summed E-state index contributed by atoms with van der Waals surface area (Å²) in [5, 5.41) is 11.3. The molecule has 4 nitrogen and oxygen atoms in total. The summed E-state index contributed by atoms with van der Waals surface area (Å²) >= 11 is 0. The highest BCUT2D eigenvalue weighted by atomic mass is 19.1. The Labute approximate surface area is 171 Å². The number of rotatable bonds is 2. The topological polar surface area (TPSA) is 63.6 Å². The number of carbonyl (C=O) groups is 2. The highest BCUT2D eigenvalue weighted by Gasteiger charge is 2.68. The number of esters is 1. The van der Waals surface area contributed by atoms with Crippen molar-refractivity contribution in [3.05, 3.63) is 11.4 Å². The van der Waals surface area contributed by atoms with E-state index in [1.165, 1.54) is 0 Å². The minimum Gasteiger partial charge on any atom is -0.459 e. The number of carbonyl (C=O) groups excluding carboxylic acids is 2. The van der Waals surface area contributed by atoms with Gasteiger partial charge in [0.2, 0.25) is 0 Å². The Bertz CT molecular complexity index is 779. The van der Waals surface area contributed by atoms with Crippen LogP contribution >= 0.6 is 0 Å². The van der Waals surface area contributed by atoms with Crippen LogP contribution in [-0.2, 0) is 14.3 Å². The van der Waals surface area contributed by atoms with Gasteiger partial charge in [-0.3, -0.25) is 9.59 Å². The maximum Gasteiger partial charge on any atom is 0.306 e. The van der Waals surface area contributed by atoms with E-state index in [4.69, 9.17) is 4.74 Å². The maximum atomic E-state index is 15.3. The molecule has 0 amide bonds. The van der Waals surface area contributed by atoms with Gasteiger partial charge in [-0.15, -0.1) is 0 Å². The number of aliphatic hydroxyl groups is 1. The third-order valence-corrected chi connectivity index (χ3v) is 9.11. The van der Waals surface area contributed by atoms with E-state index >= 15 is 4.39 Å². The predicted octanol–water partition coefficient (Wildman–Crippen LogP) is 4.45. The number of allylic oxidation sites excluding steroid dienone is 1. The van der Waals surface area contributed by atoms with E-state index < -0.39 is 40.3 Å². The zero-order valence-corrected chi connectivity index (χ0v) is 17.8. The van der Waals surface area contributed by atoms with Crippen LogP contribution < -0.4 is 0 Å². The number of ether oxygens (including phenoxy) is 1. The highest BCUT2D eigenvalue weighted by molar-refractivity contribution is 5.95. The van der Waals surface area contributed by atoms with Crippen LogP contribution in [0.4, 0.5) is 8.78 Å². The van der Waals surface area contributed by atoms with Crippen LogP contribution in [0.25, 0.3) is 0 Å². The first kappa shape index (κ1) is 21.0. The smallest absolute Gasteiger partial charge is 0.306 e. The lowest BCUT2D eigenvalue weighted by Crippen LogP contribution is -2.61. The fourth-order valence-electron chi connectivity index (χ4n) is 7.49. The van der Waals surface area contributed by atoms with Gasteiger partial charge in [-0.25, -0.2) is 8.78 Å². The summed E-state index contributed by atoms with van der Waals surface area (Å²) in [6.45, 7) is 7.58. The van der Waals surface area contributed by atoms with Crippen molar-refractivity contribution in [2.24, 2.45) is 28.6 Å². The minimum atomic E-state index is -1.51. The van der Waals surface area contributed by atoms with Gasteiger partial charge in [-0.1, -0.05) is 20.8 Å². The summed E-state index contributed by atoms with van der Waals surface area (Å²) in [4.78, 5) is 24.0. The molecule has 0 aromatic rings. The molecule has 1 N–H and O–H groups in total. The number of hydrogen-bond acceptors (Lipinski definition) is 4. The summed E-state index contributed by atoms with van der Waals surface area (Å²) in [5.74, 6) is -2.13. The van der Waals surface area contributed by atoms with Crippen molar-refractivity contribution in [2.75, 3.05) is 0 Å². The Kier molecular flexibility index (Phi) is 4.77. The van der Waals surface area contributed by atoms with Gasteiger partial charge in [0, 0.05) is 29.2 Å². The van der Waals surface area contributed by atoms with Crippen LogP contribution in [0.15, 0.2) is 11.4 Å². The van der Waals surface area contributed by atoms with Crippen molar-refractivity contribution >= 4 is 11.8 Å². The molecule has 0 heterocycles. The standard InChI is InChI=1S/C23H32F2O4/c1-5-17(28)29-23(4)9-6-13-12-10-14(24)19-20(25)15(26)7-8-21(19,2)18(12)16(27)11-22(13,23)3/h12-14,16,18,27H,5-11H2,1-4H3/t12-,13-,14?,16?,18-,21+,22-,23?/m0/s1. The first-order valence-corrected chi connectivity index (χ1v) is 11.0. The van der Waals surface area contributed by atoms with E-state index in [2.05, 4.69) is 6.92 Å². The molecule has 0 bridgehead atoms. The Balaban J connectivity index is 1.75. The molecule has 4 aliphatic rings. The minimum absolute atomic E-state index is 0.0178. The number of ketones is 1. The molecular formula is C23H32F2O4. The second kappa shape index (κ2) is 6.60. The Morgan fingerprint density at radius 1 is 1.28 bits per heavy atom. The van der Waals surface area contributed by atoms with E-state index in [9.17, 15) is 19.1 Å². The van der Waals surface area contributed by atoms with Gasteiger partial charge in [0.15, 0.2) is 11.6 Å². The molecule has 162 valence electrons. The molecule has 6 heteroatoms. The summed E-state index contributed by atoms with van der Waals surface area (Å²) < 4.78 is 35.9. The second-order valence-corrected chi connectivity index (χ2v) is 10.4. The molecule has 3 saturated carbocycles. The molecule has 8 atom stereocenters. The Hall–Kier alpha value is -1.30. The molecule has 0 spiro atoms. The van der Waals surface area contributed by atoms with Crippen molar-refractivity contribution in [1.29, 1.82) is 0 Å². The SMILES string of the molecule is CCC(=O)OC1(C)CC[C@H]2[C@@H]3CC(F)C4=C(F)C(=O)CC[C@]4(C)[C@@H]3C(O)C[C@@]21C. The molecule has 4 aliphatic carbocycles. The number of halogens is 2. The van der Waals surface area contributed by atoms with Crippen LogP contribution in [0.1, 0.15) is 72.6 Å². The summed E-state index contributed by atoms with van der Waals surface area (Å²) in [5.41, 5.74) is -2.03. The second-order valence-electron chi connectivity index (χ2n) is 10.4. The lowest BCUT2D eigenvalue weighted by Gasteiger charge is -2.61. The van der Waals surface area contributed by atoms with Gasteiger partial charge in [0.05, 0.1) is 6.10 Å².